The summed E-state index contributed by atoms with van der Waals surface area (Å²) in [6, 6.07) is 4.37. The van der Waals surface area contributed by atoms with Crippen LogP contribution in [0.2, 0.25) is 0 Å². The monoisotopic (exact) mass is 617 g/mol. The quantitative estimate of drug-likeness (QED) is 0.315. The van der Waals surface area contributed by atoms with Crippen LogP contribution in [0.3, 0.4) is 0 Å². The molecule has 2 aromatic heterocycles. The number of methoxy groups -OCH3 is 1. The number of aromatic nitrogens is 5. The lowest BCUT2D eigenvalue weighted by Crippen LogP contribution is -2.60. The molecule has 4 heterocycles. The van der Waals surface area contributed by atoms with Gasteiger partial charge in [-0.25, -0.2) is 35.7 Å². The van der Waals surface area contributed by atoms with E-state index in [9.17, 15) is 25.6 Å². The van der Waals surface area contributed by atoms with Crippen LogP contribution in [0.15, 0.2) is 18.2 Å². The summed E-state index contributed by atoms with van der Waals surface area (Å²) in [4.78, 5) is 21.2. The third-order valence-electron chi connectivity index (χ3n) is 6.91. The molecule has 15 nitrogen and oxygen atoms in total. The van der Waals surface area contributed by atoms with Gasteiger partial charge >= 0.3 is 0 Å². The fourth-order valence-corrected chi connectivity index (χ4v) is 7.19. The van der Waals surface area contributed by atoms with Crippen LogP contribution in [-0.4, -0.2) is 117 Å². The Morgan fingerprint density at radius 2 is 1.66 bits per heavy atom. The van der Waals surface area contributed by atoms with E-state index in [-0.39, 0.29) is 36.5 Å². The van der Waals surface area contributed by atoms with Crippen LogP contribution in [0.4, 0.5) is 20.7 Å². The maximum atomic E-state index is 14.2. The number of para-hydroxylation sites is 1. The van der Waals surface area contributed by atoms with Gasteiger partial charge in [0.25, 0.3) is 6.43 Å². The predicted octanol–water partition coefficient (Wildman–Crippen LogP) is -0.268. The molecule has 3 aromatic rings. The molecule has 0 bridgehead atoms. The molecule has 0 unspecified atom stereocenters. The van der Waals surface area contributed by atoms with Gasteiger partial charge in [0.15, 0.2) is 5.82 Å². The number of nitrogens with two attached hydrogens (primary N) is 1. The Bertz CT molecular complexity index is 1640. The molecule has 5 rings (SSSR count). The molecule has 0 saturated carbocycles. The first-order valence-electron chi connectivity index (χ1n) is 12.5. The number of fused-ring (bicyclic) bond motifs is 1. The second-order valence-corrected chi connectivity index (χ2v) is 13.4. The van der Waals surface area contributed by atoms with Gasteiger partial charge in [0.2, 0.25) is 37.9 Å². The van der Waals surface area contributed by atoms with Gasteiger partial charge < -0.3 is 19.3 Å². The zero-order valence-electron chi connectivity index (χ0n) is 22.2. The van der Waals surface area contributed by atoms with Crippen molar-refractivity contribution in [1.82, 2.24) is 28.8 Å². The highest BCUT2D eigenvalue weighted by Crippen LogP contribution is 2.33. The van der Waals surface area contributed by atoms with Gasteiger partial charge in [-0.1, -0.05) is 6.07 Å². The van der Waals surface area contributed by atoms with Gasteiger partial charge in [-0.3, -0.25) is 4.57 Å². The summed E-state index contributed by atoms with van der Waals surface area (Å²) >= 11 is 0. The average molecular weight is 618 g/mol. The molecule has 0 aliphatic carbocycles. The second kappa shape index (κ2) is 11.2. The van der Waals surface area contributed by atoms with E-state index in [1.165, 1.54) is 18.7 Å². The summed E-state index contributed by atoms with van der Waals surface area (Å²) in [6.45, 7) is 2.15. The van der Waals surface area contributed by atoms with Gasteiger partial charge in [0, 0.05) is 33.2 Å². The van der Waals surface area contributed by atoms with E-state index in [1.807, 2.05) is 4.90 Å². The van der Waals surface area contributed by atoms with Crippen molar-refractivity contribution in [3.05, 3.63) is 24.0 Å². The van der Waals surface area contributed by atoms with Crippen molar-refractivity contribution in [2.24, 2.45) is 5.14 Å². The van der Waals surface area contributed by atoms with Gasteiger partial charge in [0.1, 0.15) is 11.3 Å². The molecule has 0 atom stereocenters. The van der Waals surface area contributed by atoms with Gasteiger partial charge in [-0.05, 0) is 12.1 Å². The first-order valence-corrected chi connectivity index (χ1v) is 15.8. The molecular formula is C22H29F2N9O6S2. The number of rotatable bonds is 10. The number of hydrogen-bond donors (Lipinski definition) is 1. The summed E-state index contributed by atoms with van der Waals surface area (Å²) < 4.78 is 89.3. The molecule has 0 spiro atoms. The Labute approximate surface area is 235 Å². The van der Waals surface area contributed by atoms with Crippen LogP contribution < -0.4 is 19.7 Å². The average Bonchev–Trinajstić information content (AvgIpc) is 3.31. The molecular weight excluding hydrogens is 588 g/mol. The van der Waals surface area contributed by atoms with Gasteiger partial charge in [-0.2, -0.15) is 19.3 Å². The Morgan fingerprint density at radius 3 is 2.27 bits per heavy atom. The third kappa shape index (κ3) is 6.03. The van der Waals surface area contributed by atoms with Crippen LogP contribution in [0.5, 0.6) is 5.75 Å². The molecule has 1 aromatic carbocycles. The number of alkyl halides is 2. The smallest absolute Gasteiger partial charge is 0.296 e. The van der Waals surface area contributed by atoms with E-state index < -0.39 is 49.8 Å². The van der Waals surface area contributed by atoms with E-state index in [4.69, 9.17) is 14.6 Å². The molecule has 2 aliphatic rings. The number of nitrogens with zero attached hydrogens (tertiary/aromatic N) is 8. The number of sulfonamides is 2. The zero-order chi connectivity index (χ0) is 29.5. The molecule has 41 heavy (non-hydrogen) atoms. The van der Waals surface area contributed by atoms with Crippen LogP contribution in [0.25, 0.3) is 17.0 Å². The number of morpholine rings is 1. The van der Waals surface area contributed by atoms with Gasteiger partial charge in [0.05, 0.1) is 43.4 Å². The minimum Gasteiger partial charge on any atom is -0.494 e. The number of halogens is 2. The van der Waals surface area contributed by atoms with Gasteiger partial charge in [-0.15, -0.1) is 0 Å². The Morgan fingerprint density at radius 1 is 1.02 bits per heavy atom. The predicted molar refractivity (Wildman–Crippen MR) is 145 cm³/mol. The Balaban J connectivity index is 1.50. The molecule has 0 radical (unpaired) electrons. The lowest BCUT2D eigenvalue weighted by atomic mass is 10.1. The largest absolute Gasteiger partial charge is 0.494 e. The van der Waals surface area contributed by atoms with Crippen molar-refractivity contribution < 1.29 is 35.1 Å². The molecule has 2 aliphatic heterocycles. The number of anilines is 2. The van der Waals surface area contributed by atoms with E-state index in [0.29, 0.717) is 37.6 Å². The fourth-order valence-electron chi connectivity index (χ4n) is 4.54. The number of imidazole rings is 1. The summed E-state index contributed by atoms with van der Waals surface area (Å²) in [5.74, 6) is -1.29. The summed E-state index contributed by atoms with van der Waals surface area (Å²) in [7, 11) is -5.09. The van der Waals surface area contributed by atoms with E-state index >= 15 is 0 Å². The first kappa shape index (κ1) is 29.2. The number of hydrogen-bond acceptors (Lipinski definition) is 12. The zero-order valence-corrected chi connectivity index (χ0v) is 23.9. The van der Waals surface area contributed by atoms with Crippen molar-refractivity contribution in [1.29, 1.82) is 0 Å². The van der Waals surface area contributed by atoms with Crippen molar-refractivity contribution in [2.75, 3.05) is 74.9 Å². The SMILES string of the molecule is COc1cccc2c1nc(C(F)F)n2-c1nc(N2CCOCC2)nc(N2CC(N(C)S(=O)(=O)CCS(N)(=O)=O)C2)n1. The van der Waals surface area contributed by atoms with Crippen LogP contribution in [-0.2, 0) is 24.8 Å². The lowest BCUT2D eigenvalue weighted by molar-refractivity contribution is 0.122. The Hall–Kier alpha value is -3.26. The molecule has 224 valence electrons. The topological polar surface area (TPSA) is 179 Å². The fraction of sp³-hybridized carbons (Fsp3) is 0.545. The highest BCUT2D eigenvalue weighted by molar-refractivity contribution is 7.92. The van der Waals surface area contributed by atoms with E-state index in [0.717, 1.165) is 4.31 Å². The van der Waals surface area contributed by atoms with E-state index in [2.05, 4.69) is 19.9 Å². The third-order valence-corrected chi connectivity index (χ3v) is 9.83. The minimum atomic E-state index is -3.96. The minimum absolute atomic E-state index is 0.0832. The highest BCUT2D eigenvalue weighted by Gasteiger charge is 2.38. The van der Waals surface area contributed by atoms with Crippen LogP contribution in [0.1, 0.15) is 12.2 Å². The second-order valence-electron chi connectivity index (χ2n) is 9.53. The summed E-state index contributed by atoms with van der Waals surface area (Å²) in [5, 5.41) is 4.96. The first-order chi connectivity index (χ1) is 19.4. The van der Waals surface area contributed by atoms with Crippen molar-refractivity contribution in [2.45, 2.75) is 12.5 Å². The molecule has 19 heteroatoms. The van der Waals surface area contributed by atoms with Crippen molar-refractivity contribution in [3.63, 3.8) is 0 Å². The summed E-state index contributed by atoms with van der Waals surface area (Å²) in [6.07, 6.45) is -2.95. The normalized spacial score (nSPS) is 17.0. The maximum Gasteiger partial charge on any atom is 0.296 e. The number of likely N-dealkylation sites (N-methyl/N-ethyl adjacent to an activating group) is 1. The standard InChI is InChI=1S/C22H29F2N9O6S2/c1-30(41(36,37)11-10-40(25,34)35)14-12-32(13-14)21-27-20(31-6-8-39-9-7-31)28-22(29-21)33-15-4-3-5-16(38-2)17(15)26-19(33)18(23)24/h3-5,14,18H,6-13H2,1-2H3,(H2,25,34,35). The number of ether oxygens (including phenoxy) is 2. The maximum absolute atomic E-state index is 14.2. The number of primary sulfonamides is 1. The molecule has 2 saturated heterocycles. The molecule has 2 N–H and O–H groups in total. The lowest BCUT2D eigenvalue weighted by Gasteiger charge is -2.43. The van der Waals surface area contributed by atoms with Crippen LogP contribution >= 0.6 is 0 Å². The van der Waals surface area contributed by atoms with E-state index in [1.54, 1.807) is 23.1 Å². The molecule has 2 fully saturated rings. The number of benzene rings is 1. The van der Waals surface area contributed by atoms with Crippen LogP contribution in [0, 0.1) is 0 Å². The molecule has 0 amide bonds. The Kier molecular flexibility index (Phi) is 7.99. The van der Waals surface area contributed by atoms with Crippen molar-refractivity contribution in [3.8, 4) is 11.7 Å². The summed E-state index contributed by atoms with van der Waals surface area (Å²) in [5.41, 5.74) is 0.530. The van der Waals surface area contributed by atoms with Crippen molar-refractivity contribution >= 4 is 43.0 Å². The highest BCUT2D eigenvalue weighted by atomic mass is 32.2.